The van der Waals surface area contributed by atoms with Gasteiger partial charge in [-0.25, -0.2) is 0 Å². The Balaban J connectivity index is 1.84. The molecule has 21 heavy (non-hydrogen) atoms. The van der Waals surface area contributed by atoms with Crippen LogP contribution in [0, 0.1) is 13.8 Å². The van der Waals surface area contributed by atoms with Gasteiger partial charge in [0.15, 0.2) is 0 Å². The summed E-state index contributed by atoms with van der Waals surface area (Å²) < 4.78 is 1.87. The minimum Gasteiger partial charge on any atom is -0.322 e. The van der Waals surface area contributed by atoms with Crippen molar-refractivity contribution in [2.45, 2.75) is 39.8 Å². The highest BCUT2D eigenvalue weighted by atomic mass is 16.1. The van der Waals surface area contributed by atoms with Crippen LogP contribution in [0.1, 0.15) is 31.3 Å². The van der Waals surface area contributed by atoms with Crippen LogP contribution >= 0.6 is 0 Å². The zero-order valence-corrected chi connectivity index (χ0v) is 12.8. The Hall–Kier alpha value is -2.15. The fourth-order valence-corrected chi connectivity index (χ4v) is 2.09. The van der Waals surface area contributed by atoms with Crippen LogP contribution in [0.2, 0.25) is 0 Å². The van der Waals surface area contributed by atoms with Crippen LogP contribution in [0.3, 0.4) is 0 Å². The summed E-state index contributed by atoms with van der Waals surface area (Å²) in [6.45, 7) is 8.08. The van der Waals surface area contributed by atoms with E-state index in [0.717, 1.165) is 17.1 Å². The molecule has 2 rings (SSSR count). The second-order valence-corrected chi connectivity index (χ2v) is 5.25. The Kier molecular flexibility index (Phi) is 4.74. The molecular weight excluding hydrogens is 268 g/mol. The van der Waals surface area contributed by atoms with Crippen molar-refractivity contribution in [2.24, 2.45) is 0 Å². The second kappa shape index (κ2) is 6.53. The number of carbonyl (C=O) groups is 1. The number of hydrogen-bond acceptors (Lipinski definition) is 4. The largest absolute Gasteiger partial charge is 0.322 e. The van der Waals surface area contributed by atoms with E-state index >= 15 is 0 Å². The molecule has 2 aromatic rings. The normalized spacial score (nSPS) is 13.9. The summed E-state index contributed by atoms with van der Waals surface area (Å²) in [5.74, 6) is -0.0814. The first kappa shape index (κ1) is 15.2. The molecule has 2 heterocycles. The van der Waals surface area contributed by atoms with Gasteiger partial charge < -0.3 is 10.6 Å². The number of hydrogen-bond donors (Lipinski definition) is 3. The Morgan fingerprint density at radius 3 is 2.76 bits per heavy atom. The van der Waals surface area contributed by atoms with E-state index in [9.17, 15) is 4.79 Å². The molecule has 0 bridgehead atoms. The predicted octanol–water partition coefficient (Wildman–Crippen LogP) is 1.40. The SMILES string of the molecule is Cc1n[nH]c(C)c1NC(=O)CN[C@H](C)[C@@H](C)n1cccn1. The number of amides is 1. The lowest BCUT2D eigenvalue weighted by molar-refractivity contribution is -0.115. The summed E-state index contributed by atoms with van der Waals surface area (Å²) in [6, 6.07) is 2.19. The van der Waals surface area contributed by atoms with Crippen molar-refractivity contribution in [3.63, 3.8) is 0 Å². The summed E-state index contributed by atoms with van der Waals surface area (Å²) in [5, 5.41) is 17.2. The molecule has 7 heteroatoms. The van der Waals surface area contributed by atoms with Crippen molar-refractivity contribution >= 4 is 11.6 Å². The minimum atomic E-state index is -0.0814. The first-order valence-electron chi connectivity index (χ1n) is 7.03. The lowest BCUT2D eigenvalue weighted by Gasteiger charge is -2.21. The quantitative estimate of drug-likeness (QED) is 0.750. The van der Waals surface area contributed by atoms with Crippen molar-refractivity contribution < 1.29 is 4.79 Å². The van der Waals surface area contributed by atoms with E-state index in [1.165, 1.54) is 0 Å². The van der Waals surface area contributed by atoms with Gasteiger partial charge in [-0.2, -0.15) is 10.2 Å². The van der Waals surface area contributed by atoms with Gasteiger partial charge in [-0.15, -0.1) is 0 Å². The Labute approximate surface area is 124 Å². The molecule has 0 saturated carbocycles. The first-order chi connectivity index (χ1) is 9.99. The van der Waals surface area contributed by atoms with Crippen molar-refractivity contribution in [3.8, 4) is 0 Å². The Bertz CT molecular complexity index is 569. The number of H-pyrrole nitrogens is 1. The molecule has 3 N–H and O–H groups in total. The standard InChI is InChI=1S/C14H22N6O/c1-9(12(4)20-7-5-6-16-20)15-8-13(21)17-14-10(2)18-19-11(14)3/h5-7,9,12,15H,8H2,1-4H3,(H,17,21)(H,18,19)/t9-,12-/m1/s1. The summed E-state index contributed by atoms with van der Waals surface area (Å²) in [4.78, 5) is 12.0. The number of aromatic nitrogens is 4. The average molecular weight is 290 g/mol. The molecule has 2 aromatic heterocycles. The Morgan fingerprint density at radius 1 is 1.43 bits per heavy atom. The van der Waals surface area contributed by atoms with Crippen LogP contribution in [-0.4, -0.2) is 38.5 Å². The highest BCUT2D eigenvalue weighted by molar-refractivity contribution is 5.93. The van der Waals surface area contributed by atoms with Gasteiger partial charge in [-0.3, -0.25) is 14.6 Å². The van der Waals surface area contributed by atoms with E-state index in [1.54, 1.807) is 6.20 Å². The summed E-state index contributed by atoms with van der Waals surface area (Å²) in [6.07, 6.45) is 3.67. The van der Waals surface area contributed by atoms with Gasteiger partial charge in [0, 0.05) is 18.4 Å². The summed E-state index contributed by atoms with van der Waals surface area (Å²) in [7, 11) is 0. The highest BCUT2D eigenvalue weighted by Crippen LogP contribution is 2.15. The average Bonchev–Trinajstić information content (AvgIpc) is 3.09. The maximum absolute atomic E-state index is 12.0. The number of rotatable bonds is 6. The molecule has 7 nitrogen and oxygen atoms in total. The topological polar surface area (TPSA) is 87.6 Å². The van der Waals surface area contributed by atoms with E-state index in [0.29, 0.717) is 0 Å². The smallest absolute Gasteiger partial charge is 0.238 e. The molecule has 0 aromatic carbocycles. The van der Waals surface area contributed by atoms with Gasteiger partial charge in [0.05, 0.1) is 29.7 Å². The molecule has 0 unspecified atom stereocenters. The van der Waals surface area contributed by atoms with E-state index in [1.807, 2.05) is 37.7 Å². The molecule has 0 fully saturated rings. The minimum absolute atomic E-state index is 0.0814. The van der Waals surface area contributed by atoms with Gasteiger partial charge in [0.25, 0.3) is 0 Å². The monoisotopic (exact) mass is 290 g/mol. The number of anilines is 1. The van der Waals surface area contributed by atoms with Crippen molar-refractivity contribution in [2.75, 3.05) is 11.9 Å². The zero-order chi connectivity index (χ0) is 15.4. The maximum Gasteiger partial charge on any atom is 0.238 e. The van der Waals surface area contributed by atoms with Crippen LogP contribution in [0.5, 0.6) is 0 Å². The van der Waals surface area contributed by atoms with E-state index in [4.69, 9.17) is 0 Å². The molecule has 0 aliphatic carbocycles. The molecule has 1 amide bonds. The van der Waals surface area contributed by atoms with E-state index in [-0.39, 0.29) is 24.5 Å². The van der Waals surface area contributed by atoms with Gasteiger partial charge >= 0.3 is 0 Å². The fraction of sp³-hybridized carbons (Fsp3) is 0.500. The van der Waals surface area contributed by atoms with E-state index < -0.39 is 0 Å². The van der Waals surface area contributed by atoms with Gasteiger partial charge in [-0.1, -0.05) is 0 Å². The third kappa shape index (κ3) is 3.69. The highest BCUT2D eigenvalue weighted by Gasteiger charge is 2.16. The zero-order valence-electron chi connectivity index (χ0n) is 12.8. The van der Waals surface area contributed by atoms with E-state index in [2.05, 4.69) is 32.9 Å². The predicted molar refractivity (Wildman–Crippen MR) is 81.1 cm³/mol. The molecule has 114 valence electrons. The molecule has 0 saturated heterocycles. The molecular formula is C14H22N6O. The third-order valence-electron chi connectivity index (χ3n) is 3.64. The van der Waals surface area contributed by atoms with Crippen LogP contribution < -0.4 is 10.6 Å². The lowest BCUT2D eigenvalue weighted by Crippen LogP contribution is -2.39. The number of nitrogens with one attached hydrogen (secondary N) is 3. The van der Waals surface area contributed by atoms with Gasteiger partial charge in [0.1, 0.15) is 0 Å². The van der Waals surface area contributed by atoms with Crippen molar-refractivity contribution in [1.82, 2.24) is 25.3 Å². The van der Waals surface area contributed by atoms with Gasteiger partial charge in [0.2, 0.25) is 5.91 Å². The van der Waals surface area contributed by atoms with Crippen LogP contribution in [0.15, 0.2) is 18.5 Å². The number of aromatic amines is 1. The summed E-state index contributed by atoms with van der Waals surface area (Å²) in [5.41, 5.74) is 2.41. The first-order valence-corrected chi connectivity index (χ1v) is 7.03. The lowest BCUT2D eigenvalue weighted by atomic mass is 10.2. The van der Waals surface area contributed by atoms with Crippen LogP contribution in [-0.2, 0) is 4.79 Å². The van der Waals surface area contributed by atoms with Gasteiger partial charge in [-0.05, 0) is 33.8 Å². The molecule has 0 spiro atoms. The molecule has 0 aliphatic rings. The third-order valence-corrected chi connectivity index (χ3v) is 3.64. The second-order valence-electron chi connectivity index (χ2n) is 5.25. The molecule has 0 radical (unpaired) electrons. The maximum atomic E-state index is 12.0. The fourth-order valence-electron chi connectivity index (χ4n) is 2.09. The Morgan fingerprint density at radius 2 is 2.19 bits per heavy atom. The van der Waals surface area contributed by atoms with Crippen molar-refractivity contribution in [1.29, 1.82) is 0 Å². The molecule has 0 aliphatic heterocycles. The number of aryl methyl sites for hydroxylation is 2. The number of carbonyl (C=O) groups excluding carboxylic acids is 1. The van der Waals surface area contributed by atoms with Crippen LogP contribution in [0.25, 0.3) is 0 Å². The van der Waals surface area contributed by atoms with Crippen LogP contribution in [0.4, 0.5) is 5.69 Å². The van der Waals surface area contributed by atoms with Crippen molar-refractivity contribution in [3.05, 3.63) is 29.8 Å². The number of nitrogens with zero attached hydrogens (tertiary/aromatic N) is 3. The summed E-state index contributed by atoms with van der Waals surface area (Å²) >= 11 is 0. The molecule has 2 atom stereocenters.